The average molecular weight is 276 g/mol. The predicted octanol–water partition coefficient (Wildman–Crippen LogP) is 3.18. The molecule has 0 saturated heterocycles. The molecule has 0 heterocycles. The molecule has 0 fully saturated rings. The average Bonchev–Trinajstić information content (AvgIpc) is 2.38. The number of carboxylic acids is 1. The lowest BCUT2D eigenvalue weighted by molar-refractivity contribution is -0.384. The molecule has 6 nitrogen and oxygen atoms in total. The number of anilines is 2. The highest BCUT2D eigenvalue weighted by molar-refractivity contribution is 5.88. The van der Waals surface area contributed by atoms with E-state index in [2.05, 4.69) is 5.32 Å². The first-order chi connectivity index (χ1) is 9.47. The van der Waals surface area contributed by atoms with Crippen LogP contribution in [-0.4, -0.2) is 16.0 Å². The van der Waals surface area contributed by atoms with Crippen molar-refractivity contribution in [3.05, 3.63) is 64.0 Å². The Labute approximate surface area is 112 Å². The smallest absolute Gasteiger partial charge is 0.338 e. The number of benzene rings is 2. The number of carboxylic acid groups (broad SMARTS) is 1. The Morgan fingerprint density at radius 2 is 1.90 bits per heavy atom. The second-order valence-electron chi connectivity index (χ2n) is 3.93. The summed E-state index contributed by atoms with van der Waals surface area (Å²) < 4.78 is 13.5. The molecule has 0 radical (unpaired) electrons. The van der Waals surface area contributed by atoms with Gasteiger partial charge in [0.15, 0.2) is 0 Å². The van der Waals surface area contributed by atoms with Gasteiger partial charge in [0, 0.05) is 23.5 Å². The monoisotopic (exact) mass is 276 g/mol. The molecule has 2 rings (SSSR count). The summed E-state index contributed by atoms with van der Waals surface area (Å²) in [6.07, 6.45) is 0. The van der Waals surface area contributed by atoms with Crippen LogP contribution in [0.25, 0.3) is 0 Å². The molecule has 2 aromatic carbocycles. The van der Waals surface area contributed by atoms with Gasteiger partial charge in [-0.3, -0.25) is 10.1 Å². The number of hydrogen-bond donors (Lipinski definition) is 2. The van der Waals surface area contributed by atoms with Gasteiger partial charge in [0.2, 0.25) is 0 Å². The summed E-state index contributed by atoms with van der Waals surface area (Å²) in [5, 5.41) is 22.1. The van der Waals surface area contributed by atoms with E-state index in [0.29, 0.717) is 11.4 Å². The van der Waals surface area contributed by atoms with Gasteiger partial charge in [-0.1, -0.05) is 6.07 Å². The van der Waals surface area contributed by atoms with E-state index in [1.807, 2.05) is 0 Å². The fourth-order valence-corrected chi connectivity index (χ4v) is 1.63. The molecule has 0 aliphatic rings. The molecule has 102 valence electrons. The van der Waals surface area contributed by atoms with Gasteiger partial charge in [0.05, 0.1) is 10.5 Å². The second-order valence-corrected chi connectivity index (χ2v) is 3.93. The van der Waals surface area contributed by atoms with Crippen molar-refractivity contribution in [1.82, 2.24) is 0 Å². The Hall–Kier alpha value is -2.96. The maximum absolute atomic E-state index is 13.5. The van der Waals surface area contributed by atoms with Gasteiger partial charge in [-0.2, -0.15) is 0 Å². The van der Waals surface area contributed by atoms with Crippen LogP contribution in [0.4, 0.5) is 21.5 Å². The molecule has 20 heavy (non-hydrogen) atoms. The van der Waals surface area contributed by atoms with E-state index in [0.717, 1.165) is 12.1 Å². The maximum atomic E-state index is 13.5. The van der Waals surface area contributed by atoms with Crippen molar-refractivity contribution in [2.75, 3.05) is 5.32 Å². The number of aromatic carboxylic acids is 1. The molecule has 0 spiro atoms. The van der Waals surface area contributed by atoms with E-state index in [1.54, 1.807) is 6.07 Å². The summed E-state index contributed by atoms with van der Waals surface area (Å²) in [7, 11) is 0. The second kappa shape index (κ2) is 5.35. The Bertz CT molecular complexity index is 688. The van der Waals surface area contributed by atoms with E-state index in [9.17, 15) is 19.3 Å². The van der Waals surface area contributed by atoms with Crippen LogP contribution in [0.3, 0.4) is 0 Å². The number of hydrogen-bond acceptors (Lipinski definition) is 4. The fourth-order valence-electron chi connectivity index (χ4n) is 1.63. The third kappa shape index (κ3) is 2.89. The van der Waals surface area contributed by atoms with Crippen LogP contribution in [-0.2, 0) is 0 Å². The fraction of sp³-hybridized carbons (Fsp3) is 0. The Morgan fingerprint density at radius 3 is 2.50 bits per heavy atom. The summed E-state index contributed by atoms with van der Waals surface area (Å²) in [6.45, 7) is 0. The topological polar surface area (TPSA) is 92.5 Å². The normalized spacial score (nSPS) is 10.1. The van der Waals surface area contributed by atoms with E-state index in [-0.39, 0.29) is 5.69 Å². The predicted molar refractivity (Wildman–Crippen MR) is 69.7 cm³/mol. The summed E-state index contributed by atoms with van der Waals surface area (Å²) >= 11 is 0. The molecule has 7 heteroatoms. The van der Waals surface area contributed by atoms with Gasteiger partial charge in [-0.15, -0.1) is 0 Å². The molecule has 0 bridgehead atoms. The zero-order chi connectivity index (χ0) is 14.7. The van der Waals surface area contributed by atoms with Gasteiger partial charge >= 0.3 is 5.97 Å². The molecule has 2 aromatic rings. The van der Waals surface area contributed by atoms with Crippen molar-refractivity contribution >= 4 is 23.0 Å². The lowest BCUT2D eigenvalue weighted by Gasteiger charge is -2.07. The van der Waals surface area contributed by atoms with Crippen LogP contribution in [0.2, 0.25) is 0 Å². The van der Waals surface area contributed by atoms with Crippen LogP contribution in [0.1, 0.15) is 10.4 Å². The number of non-ortho nitro benzene ring substituents is 1. The molecule has 0 amide bonds. The lowest BCUT2D eigenvalue weighted by atomic mass is 10.2. The number of nitrogens with one attached hydrogen (secondary N) is 1. The van der Waals surface area contributed by atoms with Crippen molar-refractivity contribution in [2.24, 2.45) is 0 Å². The largest absolute Gasteiger partial charge is 0.478 e. The molecule has 0 unspecified atom stereocenters. The van der Waals surface area contributed by atoms with Crippen molar-refractivity contribution < 1.29 is 19.2 Å². The summed E-state index contributed by atoms with van der Waals surface area (Å²) in [4.78, 5) is 20.8. The molecule has 0 saturated carbocycles. The summed E-state index contributed by atoms with van der Waals surface area (Å²) in [5.41, 5.74) is 0.168. The van der Waals surface area contributed by atoms with Crippen molar-refractivity contribution in [3.8, 4) is 0 Å². The first-order valence-electron chi connectivity index (χ1n) is 5.51. The minimum absolute atomic E-state index is 0.0994. The minimum atomic E-state index is -1.36. The van der Waals surface area contributed by atoms with Crippen LogP contribution < -0.4 is 5.32 Å². The number of nitro benzene ring substituents is 1. The third-order valence-corrected chi connectivity index (χ3v) is 2.55. The van der Waals surface area contributed by atoms with Gasteiger partial charge in [0.1, 0.15) is 5.82 Å². The van der Waals surface area contributed by atoms with Gasteiger partial charge in [-0.05, 0) is 24.3 Å². The van der Waals surface area contributed by atoms with Crippen LogP contribution >= 0.6 is 0 Å². The van der Waals surface area contributed by atoms with E-state index in [1.165, 1.54) is 24.3 Å². The van der Waals surface area contributed by atoms with Crippen molar-refractivity contribution in [2.45, 2.75) is 0 Å². The number of rotatable bonds is 4. The van der Waals surface area contributed by atoms with Crippen molar-refractivity contribution in [3.63, 3.8) is 0 Å². The molecular weight excluding hydrogens is 267 g/mol. The molecule has 0 aliphatic carbocycles. The maximum Gasteiger partial charge on any atom is 0.338 e. The van der Waals surface area contributed by atoms with Crippen LogP contribution in [0.15, 0.2) is 42.5 Å². The quantitative estimate of drug-likeness (QED) is 0.660. The molecule has 0 aliphatic heterocycles. The third-order valence-electron chi connectivity index (χ3n) is 2.55. The first-order valence-corrected chi connectivity index (χ1v) is 5.51. The van der Waals surface area contributed by atoms with Gasteiger partial charge < -0.3 is 10.4 Å². The number of halogens is 1. The Balaban J connectivity index is 2.26. The minimum Gasteiger partial charge on any atom is -0.478 e. The van der Waals surface area contributed by atoms with Crippen LogP contribution in [0, 0.1) is 15.9 Å². The highest BCUT2D eigenvalue weighted by Crippen LogP contribution is 2.22. The van der Waals surface area contributed by atoms with E-state index < -0.39 is 22.3 Å². The van der Waals surface area contributed by atoms with Crippen molar-refractivity contribution in [1.29, 1.82) is 0 Å². The van der Waals surface area contributed by atoms with Gasteiger partial charge in [0.25, 0.3) is 5.69 Å². The standard InChI is InChI=1S/C13H9FN2O4/c14-12-7-9(4-5-11(12)13(17)18)15-8-2-1-3-10(6-8)16(19)20/h1-7,15H,(H,17,18). The molecule has 0 aromatic heterocycles. The molecule has 2 N–H and O–H groups in total. The first kappa shape index (κ1) is 13.5. The highest BCUT2D eigenvalue weighted by Gasteiger charge is 2.11. The Kier molecular flexibility index (Phi) is 3.60. The number of carbonyl (C=O) groups is 1. The van der Waals surface area contributed by atoms with Gasteiger partial charge in [-0.25, -0.2) is 9.18 Å². The van der Waals surface area contributed by atoms with E-state index >= 15 is 0 Å². The number of nitrogens with zero attached hydrogens (tertiary/aromatic N) is 1. The number of nitro groups is 1. The van der Waals surface area contributed by atoms with E-state index in [4.69, 9.17) is 5.11 Å². The SMILES string of the molecule is O=C(O)c1ccc(Nc2cccc([N+](=O)[O-])c2)cc1F. The summed E-state index contributed by atoms with van der Waals surface area (Å²) in [5.74, 6) is -2.24. The Morgan fingerprint density at radius 1 is 1.20 bits per heavy atom. The lowest BCUT2D eigenvalue weighted by Crippen LogP contribution is -2.01. The zero-order valence-corrected chi connectivity index (χ0v) is 10.0. The van der Waals surface area contributed by atoms with Crippen LogP contribution in [0.5, 0.6) is 0 Å². The highest BCUT2D eigenvalue weighted by atomic mass is 19.1. The molecule has 0 atom stereocenters. The molecular formula is C13H9FN2O4. The zero-order valence-electron chi connectivity index (χ0n) is 10.0. The summed E-state index contributed by atoms with van der Waals surface area (Å²) in [6, 6.07) is 9.21.